The van der Waals surface area contributed by atoms with Gasteiger partial charge in [0.15, 0.2) is 0 Å². The Balaban J connectivity index is -0.0000000133. The predicted octanol–water partition coefficient (Wildman–Crippen LogP) is -2.77. The molecular formula is H6BaFeO4Si. The third-order valence-corrected chi connectivity index (χ3v) is 0. The summed E-state index contributed by atoms with van der Waals surface area (Å²) in [5.41, 5.74) is 0. The van der Waals surface area contributed by atoms with Crippen molar-refractivity contribution < 1.29 is 39.1 Å². The van der Waals surface area contributed by atoms with Gasteiger partial charge in [0, 0.05) is 17.1 Å². The van der Waals surface area contributed by atoms with Crippen molar-refractivity contribution in [2.75, 3.05) is 0 Å². The Morgan fingerprint density at radius 2 is 1.00 bits per heavy atom. The second-order valence-corrected chi connectivity index (χ2v) is 1.80. The van der Waals surface area contributed by atoms with E-state index in [0.29, 0.717) is 0 Å². The summed E-state index contributed by atoms with van der Waals surface area (Å²) in [5, 5.41) is 0. The molecule has 0 rings (SSSR count). The van der Waals surface area contributed by atoms with Gasteiger partial charge in [0.1, 0.15) is 0 Å². The van der Waals surface area contributed by atoms with Gasteiger partial charge in [0.25, 0.3) is 0 Å². The molecule has 0 aromatic rings. The van der Waals surface area contributed by atoms with Gasteiger partial charge in [-0.25, -0.2) is 0 Å². The molecule has 0 saturated carbocycles. The van der Waals surface area contributed by atoms with Crippen LogP contribution in [0.1, 0.15) is 2.85 Å². The van der Waals surface area contributed by atoms with Crippen LogP contribution in [0.3, 0.4) is 0 Å². The molecule has 7 heteroatoms. The van der Waals surface area contributed by atoms with Crippen molar-refractivity contribution in [3.63, 3.8) is 0 Å². The molecule has 0 fully saturated rings. The van der Waals surface area contributed by atoms with Gasteiger partial charge in [-0.2, -0.15) is 0 Å². The predicted molar refractivity (Wildman–Crippen MR) is 22.6 cm³/mol. The quantitative estimate of drug-likeness (QED) is 0.364. The second-order valence-electron chi connectivity index (χ2n) is 0.600. The van der Waals surface area contributed by atoms with E-state index in [2.05, 4.69) is 0 Å². The number of hydrogen-bond donors (Lipinski definition) is 4. The Kier molecular flexibility index (Phi) is 14.4. The molecule has 4 nitrogen and oxygen atoms in total. The molecular weight excluding hydrogens is 285 g/mol. The second kappa shape index (κ2) is 6.27. The fourth-order valence-electron chi connectivity index (χ4n) is 0. The minimum atomic E-state index is -4.61. The molecule has 7 heavy (non-hydrogen) atoms. The summed E-state index contributed by atoms with van der Waals surface area (Å²) >= 11 is 0. The summed E-state index contributed by atoms with van der Waals surface area (Å²) in [7, 11) is -4.61. The van der Waals surface area contributed by atoms with E-state index in [-0.39, 0.29) is 68.8 Å². The molecule has 0 aliphatic carbocycles. The third-order valence-electron chi connectivity index (χ3n) is 0. The molecule has 0 radical (unpaired) electrons. The zero-order valence-corrected chi connectivity index (χ0v) is 9.89. The van der Waals surface area contributed by atoms with Crippen LogP contribution in [0, 0.1) is 0 Å². The van der Waals surface area contributed by atoms with Gasteiger partial charge in [-0.15, -0.1) is 0 Å². The maximum atomic E-state index is 7.33. The molecule has 4 N–H and O–H groups in total. The van der Waals surface area contributed by atoms with Crippen molar-refractivity contribution in [3.05, 3.63) is 0 Å². The average molecular weight is 291 g/mol. The average Bonchev–Trinajstić information content (AvgIpc) is 0.722. The van der Waals surface area contributed by atoms with Crippen LogP contribution in [0.25, 0.3) is 0 Å². The molecule has 0 unspecified atom stereocenters. The van der Waals surface area contributed by atoms with Crippen LogP contribution in [0.4, 0.5) is 0 Å². The van der Waals surface area contributed by atoms with E-state index in [1.807, 2.05) is 0 Å². The number of hydrogen-bond acceptors (Lipinski definition) is 4. The van der Waals surface area contributed by atoms with Gasteiger partial charge in [0.05, 0.1) is 0 Å². The molecule has 0 atom stereocenters. The molecule has 0 saturated heterocycles. The first kappa shape index (κ1) is 16.1. The minimum absolute atomic E-state index is 0. The maximum absolute atomic E-state index is 7.33. The Hall–Kier alpha value is 2.15. The summed E-state index contributed by atoms with van der Waals surface area (Å²) in [6.45, 7) is 0. The van der Waals surface area contributed by atoms with Gasteiger partial charge in [-0.1, -0.05) is 0 Å². The third kappa shape index (κ3) is 66.8. The van der Waals surface area contributed by atoms with Crippen LogP contribution in [0.2, 0.25) is 0 Å². The smallest absolute Gasteiger partial charge is 1.00 e. The minimum Gasteiger partial charge on any atom is -1.00 e. The Morgan fingerprint density at radius 1 is 1.00 bits per heavy atom. The van der Waals surface area contributed by atoms with Crippen LogP contribution < -0.4 is 0 Å². The fourth-order valence-corrected chi connectivity index (χ4v) is 0. The maximum Gasteiger partial charge on any atom is 2.00 e. The number of rotatable bonds is 0. The molecule has 0 aliphatic heterocycles. The summed E-state index contributed by atoms with van der Waals surface area (Å²) < 4.78 is 0. The Bertz CT molecular complexity index is 34.0. The molecule has 0 bridgehead atoms. The molecule has 0 aromatic carbocycles. The Morgan fingerprint density at radius 3 is 1.00 bits per heavy atom. The Labute approximate surface area is 95.6 Å². The molecule has 0 heterocycles. The first-order valence-electron chi connectivity index (χ1n) is 0.894. The van der Waals surface area contributed by atoms with E-state index >= 15 is 0 Å². The van der Waals surface area contributed by atoms with Crippen molar-refractivity contribution >= 4 is 57.9 Å². The van der Waals surface area contributed by atoms with Gasteiger partial charge >= 0.3 is 57.9 Å². The van der Waals surface area contributed by atoms with Crippen LogP contribution in [-0.2, 0) is 17.1 Å². The molecule has 0 amide bonds. The van der Waals surface area contributed by atoms with Crippen molar-refractivity contribution in [2.45, 2.75) is 0 Å². The molecule has 0 aromatic heterocycles. The van der Waals surface area contributed by atoms with Crippen LogP contribution in [-0.4, -0.2) is 77.1 Å². The van der Waals surface area contributed by atoms with E-state index in [4.69, 9.17) is 19.2 Å². The zero-order chi connectivity index (χ0) is 4.50. The van der Waals surface area contributed by atoms with Crippen LogP contribution in [0.5, 0.6) is 0 Å². The van der Waals surface area contributed by atoms with Gasteiger partial charge in [0.2, 0.25) is 0 Å². The van der Waals surface area contributed by atoms with Crippen molar-refractivity contribution in [3.8, 4) is 0 Å². The van der Waals surface area contributed by atoms with E-state index in [9.17, 15) is 0 Å². The van der Waals surface area contributed by atoms with Crippen molar-refractivity contribution in [2.24, 2.45) is 0 Å². The summed E-state index contributed by atoms with van der Waals surface area (Å²) in [4.78, 5) is 29.3. The summed E-state index contributed by atoms with van der Waals surface area (Å²) in [6, 6.07) is 0. The SMILES string of the molecule is O[Si](O)(O)O.[Ba+2].[Fe].[H-].[H-]. The van der Waals surface area contributed by atoms with Crippen LogP contribution >= 0.6 is 0 Å². The largest absolute Gasteiger partial charge is 2.00 e. The monoisotopic (exact) mass is 292 g/mol. The van der Waals surface area contributed by atoms with Crippen molar-refractivity contribution in [1.82, 2.24) is 0 Å². The first-order valence-corrected chi connectivity index (χ1v) is 2.68. The first-order chi connectivity index (χ1) is 2.00. The van der Waals surface area contributed by atoms with E-state index in [1.54, 1.807) is 0 Å². The summed E-state index contributed by atoms with van der Waals surface area (Å²) in [5.74, 6) is 0. The summed E-state index contributed by atoms with van der Waals surface area (Å²) in [6.07, 6.45) is 0. The molecule has 0 aliphatic rings. The topological polar surface area (TPSA) is 80.9 Å². The van der Waals surface area contributed by atoms with Crippen LogP contribution in [0.15, 0.2) is 0 Å². The van der Waals surface area contributed by atoms with E-state index < -0.39 is 9.05 Å². The zero-order valence-electron chi connectivity index (χ0n) is 5.35. The normalized spacial score (nSPS) is 8.57. The molecule has 0 spiro atoms. The fraction of sp³-hybridized carbons (Fsp3) is 0. The standard InChI is InChI=1S/Ba.Fe.H4O4Si.2H/c;;1-5(2,3)4;;/h;;1-4H;;/q+2;;;2*-1. The van der Waals surface area contributed by atoms with Crippen molar-refractivity contribution in [1.29, 1.82) is 0 Å². The van der Waals surface area contributed by atoms with Gasteiger partial charge in [-0.3, -0.25) is 0 Å². The van der Waals surface area contributed by atoms with Gasteiger partial charge < -0.3 is 22.0 Å². The van der Waals surface area contributed by atoms with E-state index in [1.165, 1.54) is 0 Å². The van der Waals surface area contributed by atoms with Gasteiger partial charge in [-0.05, 0) is 0 Å². The molecule has 44 valence electrons. The van der Waals surface area contributed by atoms with E-state index in [0.717, 1.165) is 0 Å².